The van der Waals surface area contributed by atoms with Crippen molar-refractivity contribution in [3.8, 4) is 0 Å². The minimum atomic E-state index is -0.682. The van der Waals surface area contributed by atoms with Gasteiger partial charge in [-0.15, -0.1) is 0 Å². The summed E-state index contributed by atoms with van der Waals surface area (Å²) in [6.07, 6.45) is 3.87. The van der Waals surface area contributed by atoms with Gasteiger partial charge in [0.2, 0.25) is 0 Å². The van der Waals surface area contributed by atoms with Crippen LogP contribution in [0, 0.1) is 10.8 Å². The van der Waals surface area contributed by atoms with Gasteiger partial charge in [0.05, 0.1) is 45.7 Å². The Bertz CT molecular complexity index is 807. The van der Waals surface area contributed by atoms with Crippen LogP contribution >= 0.6 is 0 Å². The SMILES string of the molecule is CCC1(CO)COC2(CC(C)(C)N(CC(O)CN3C(C)(C)CC4(CC3(C)C)OCC(CC)(CO)CO4)C(C)(C)C2)OC1. The van der Waals surface area contributed by atoms with Crippen LogP contribution in [0.25, 0.3) is 0 Å². The third kappa shape index (κ3) is 6.47. The van der Waals surface area contributed by atoms with Crippen LogP contribution in [-0.4, -0.2) is 118 Å². The van der Waals surface area contributed by atoms with Crippen LogP contribution in [0.1, 0.15) is 108 Å². The Labute approximate surface area is 255 Å². The molecule has 3 N–H and O–H groups in total. The molecule has 4 aliphatic rings. The molecule has 0 amide bonds. The fraction of sp³-hybridized carbons (Fsp3) is 1.00. The zero-order chi connectivity index (χ0) is 31.5. The molecule has 0 aromatic heterocycles. The summed E-state index contributed by atoms with van der Waals surface area (Å²) in [5, 5.41) is 31.6. The molecule has 0 atom stereocenters. The van der Waals surface area contributed by atoms with Gasteiger partial charge in [-0.3, -0.25) is 9.80 Å². The Hall–Kier alpha value is -0.360. The van der Waals surface area contributed by atoms with Crippen LogP contribution in [0.4, 0.5) is 0 Å². The molecule has 2 spiro atoms. The van der Waals surface area contributed by atoms with Crippen molar-refractivity contribution in [1.82, 2.24) is 9.80 Å². The molecule has 42 heavy (non-hydrogen) atoms. The first-order chi connectivity index (χ1) is 19.3. The smallest absolute Gasteiger partial charge is 0.171 e. The topological polar surface area (TPSA) is 104 Å². The Balaban J connectivity index is 1.44. The first-order valence-electron chi connectivity index (χ1n) is 16.3. The third-order valence-electron chi connectivity index (χ3n) is 11.3. The van der Waals surface area contributed by atoms with Crippen molar-refractivity contribution in [2.24, 2.45) is 10.8 Å². The highest BCUT2D eigenvalue weighted by Crippen LogP contribution is 2.51. The maximum atomic E-state index is 11.7. The van der Waals surface area contributed by atoms with Crippen LogP contribution in [0.2, 0.25) is 0 Å². The first kappa shape index (κ1) is 34.5. The van der Waals surface area contributed by atoms with E-state index in [4.69, 9.17) is 18.9 Å². The lowest BCUT2D eigenvalue weighted by Gasteiger charge is -2.62. The quantitative estimate of drug-likeness (QED) is 0.384. The lowest BCUT2D eigenvalue weighted by atomic mass is 9.74. The monoisotopic (exact) mass is 598 g/mol. The predicted molar refractivity (Wildman–Crippen MR) is 163 cm³/mol. The normalized spacial score (nSPS) is 31.0. The van der Waals surface area contributed by atoms with Crippen LogP contribution in [0.5, 0.6) is 0 Å². The number of aliphatic hydroxyl groups is 3. The second-order valence-corrected chi connectivity index (χ2v) is 16.8. The van der Waals surface area contributed by atoms with E-state index in [0.29, 0.717) is 65.2 Å². The molecule has 0 saturated carbocycles. The van der Waals surface area contributed by atoms with Gasteiger partial charge in [0.25, 0.3) is 0 Å². The summed E-state index contributed by atoms with van der Waals surface area (Å²) in [6.45, 7) is 25.2. The molecule has 4 rings (SSSR count). The Kier molecular flexibility index (Phi) is 9.42. The number of hydrogen-bond acceptors (Lipinski definition) is 9. The number of hydrogen-bond donors (Lipinski definition) is 3. The van der Waals surface area contributed by atoms with Gasteiger partial charge in [-0.2, -0.15) is 0 Å². The molecule has 0 aromatic carbocycles. The van der Waals surface area contributed by atoms with E-state index in [1.807, 2.05) is 0 Å². The second kappa shape index (κ2) is 11.5. The summed E-state index contributed by atoms with van der Waals surface area (Å²) in [5.74, 6) is -1.36. The second-order valence-electron chi connectivity index (χ2n) is 16.8. The van der Waals surface area contributed by atoms with Crippen molar-refractivity contribution >= 4 is 0 Å². The fourth-order valence-corrected chi connectivity index (χ4v) is 8.78. The third-order valence-corrected chi connectivity index (χ3v) is 11.3. The molecule has 4 heterocycles. The average molecular weight is 599 g/mol. The van der Waals surface area contributed by atoms with E-state index >= 15 is 0 Å². The van der Waals surface area contributed by atoms with E-state index in [-0.39, 0.29) is 46.2 Å². The summed E-state index contributed by atoms with van der Waals surface area (Å²) >= 11 is 0. The number of aliphatic hydroxyl groups excluding tert-OH is 3. The van der Waals surface area contributed by atoms with Gasteiger partial charge in [-0.1, -0.05) is 13.8 Å². The predicted octanol–water partition coefficient (Wildman–Crippen LogP) is 3.92. The first-order valence-corrected chi connectivity index (χ1v) is 16.3. The molecule has 0 unspecified atom stereocenters. The van der Waals surface area contributed by atoms with E-state index < -0.39 is 17.7 Å². The number of likely N-dealkylation sites (tertiary alicyclic amines) is 2. The van der Waals surface area contributed by atoms with Gasteiger partial charge in [-0.25, -0.2) is 0 Å². The standard InChI is InChI=1S/C33H62N2O7/c1-11-30(19-36)21-39-32(40-22-30)15-26(3,4)34(27(5,6)16-32)13-25(38)14-35-28(7,8)17-33(18-29(35,9)10)41-23-31(12-2,20-37)24-42-33/h25,36-38H,11-24H2,1-10H3. The van der Waals surface area contributed by atoms with Gasteiger partial charge < -0.3 is 34.3 Å². The highest BCUT2D eigenvalue weighted by molar-refractivity contribution is 5.08. The summed E-state index contributed by atoms with van der Waals surface area (Å²) in [4.78, 5) is 4.88. The molecule has 9 heteroatoms. The molecule has 0 bridgehead atoms. The van der Waals surface area contributed by atoms with E-state index in [2.05, 4.69) is 79.0 Å². The molecular weight excluding hydrogens is 536 g/mol. The average Bonchev–Trinajstić information content (AvgIpc) is 2.89. The number of piperidine rings is 2. The highest BCUT2D eigenvalue weighted by Gasteiger charge is 2.59. The van der Waals surface area contributed by atoms with Crippen LogP contribution in [-0.2, 0) is 18.9 Å². The molecule has 4 fully saturated rings. The minimum absolute atomic E-state index is 0.0649. The molecular formula is C33H62N2O7. The van der Waals surface area contributed by atoms with Crippen LogP contribution < -0.4 is 0 Å². The summed E-state index contributed by atoms with van der Waals surface area (Å²) in [5.41, 5.74) is -1.74. The maximum Gasteiger partial charge on any atom is 0.171 e. The molecule has 4 aliphatic heterocycles. The van der Waals surface area contributed by atoms with Gasteiger partial charge in [0.15, 0.2) is 11.6 Å². The number of rotatable bonds is 8. The molecule has 0 aromatic rings. The van der Waals surface area contributed by atoms with Gasteiger partial charge >= 0.3 is 0 Å². The number of β-amino-alcohol motifs (C(OH)–C–C–N with tert-alkyl or cyclic N) is 1. The van der Waals surface area contributed by atoms with Crippen LogP contribution in [0.15, 0.2) is 0 Å². The van der Waals surface area contributed by atoms with Crippen molar-refractivity contribution in [3.63, 3.8) is 0 Å². The van der Waals surface area contributed by atoms with E-state index in [9.17, 15) is 15.3 Å². The molecule has 9 nitrogen and oxygen atoms in total. The van der Waals surface area contributed by atoms with Gasteiger partial charge in [0, 0.05) is 71.8 Å². The summed E-state index contributed by atoms with van der Waals surface area (Å²) < 4.78 is 25.9. The number of ether oxygens (including phenoxy) is 4. The molecule has 0 aliphatic carbocycles. The van der Waals surface area contributed by atoms with Gasteiger partial charge in [0.1, 0.15) is 0 Å². The van der Waals surface area contributed by atoms with Crippen molar-refractivity contribution in [1.29, 1.82) is 0 Å². The van der Waals surface area contributed by atoms with E-state index in [0.717, 1.165) is 12.8 Å². The van der Waals surface area contributed by atoms with Crippen molar-refractivity contribution < 1.29 is 34.3 Å². The maximum absolute atomic E-state index is 11.7. The van der Waals surface area contributed by atoms with E-state index in [1.54, 1.807) is 0 Å². The zero-order valence-electron chi connectivity index (χ0n) is 28.3. The lowest BCUT2D eigenvalue weighted by molar-refractivity contribution is -0.348. The molecule has 246 valence electrons. The Morgan fingerprint density at radius 2 is 0.810 bits per heavy atom. The van der Waals surface area contributed by atoms with Crippen molar-refractivity contribution in [2.45, 2.75) is 148 Å². The van der Waals surface area contributed by atoms with Crippen LogP contribution in [0.3, 0.4) is 0 Å². The summed E-state index contributed by atoms with van der Waals surface area (Å²) in [6, 6.07) is 0. The van der Waals surface area contributed by atoms with E-state index in [1.165, 1.54) is 0 Å². The fourth-order valence-electron chi connectivity index (χ4n) is 8.78. The molecule has 0 radical (unpaired) electrons. The summed E-state index contributed by atoms with van der Waals surface area (Å²) in [7, 11) is 0. The van der Waals surface area contributed by atoms with Crippen molar-refractivity contribution in [2.75, 3.05) is 52.7 Å². The number of nitrogens with zero attached hydrogens (tertiary/aromatic N) is 2. The zero-order valence-corrected chi connectivity index (χ0v) is 28.3. The Morgan fingerprint density at radius 1 is 0.548 bits per heavy atom. The largest absolute Gasteiger partial charge is 0.396 e. The van der Waals surface area contributed by atoms with Gasteiger partial charge in [-0.05, 0) is 68.2 Å². The minimum Gasteiger partial charge on any atom is -0.396 e. The lowest BCUT2D eigenvalue weighted by Crippen LogP contribution is -2.71. The van der Waals surface area contributed by atoms with Crippen molar-refractivity contribution in [3.05, 3.63) is 0 Å². The highest BCUT2D eigenvalue weighted by atomic mass is 16.7. The molecule has 4 saturated heterocycles. The Morgan fingerprint density at radius 3 is 1.02 bits per heavy atom.